The van der Waals surface area contributed by atoms with E-state index in [0.717, 1.165) is 31.4 Å². The summed E-state index contributed by atoms with van der Waals surface area (Å²) in [6.45, 7) is 4.22. The van der Waals surface area contributed by atoms with Gasteiger partial charge in [-0.1, -0.05) is 31.9 Å². The number of H-pyrrole nitrogens is 1. The Labute approximate surface area is 128 Å². The number of aromatic amines is 1. The van der Waals surface area contributed by atoms with Crippen LogP contribution in [0.25, 0.3) is 22.4 Å². The summed E-state index contributed by atoms with van der Waals surface area (Å²) in [5, 5.41) is 0. The van der Waals surface area contributed by atoms with Crippen molar-refractivity contribution < 1.29 is 0 Å². The van der Waals surface area contributed by atoms with Gasteiger partial charge in [0.15, 0.2) is 0 Å². The van der Waals surface area contributed by atoms with Gasteiger partial charge in [0.25, 0.3) is 0 Å². The molecular formula is C15H12Br2N2. The van der Waals surface area contributed by atoms with Crippen molar-refractivity contribution in [3.05, 3.63) is 50.4 Å². The summed E-state index contributed by atoms with van der Waals surface area (Å²) in [6, 6.07) is 10.3. The minimum Gasteiger partial charge on any atom is -0.338 e. The third-order valence-electron chi connectivity index (χ3n) is 3.28. The summed E-state index contributed by atoms with van der Waals surface area (Å²) in [5.41, 5.74) is 5.67. The predicted molar refractivity (Wildman–Crippen MR) is 86.4 cm³/mol. The Morgan fingerprint density at radius 1 is 1.00 bits per heavy atom. The first-order valence-electron chi connectivity index (χ1n) is 5.97. The van der Waals surface area contributed by atoms with Crippen molar-refractivity contribution in [2.45, 2.75) is 13.8 Å². The van der Waals surface area contributed by atoms with Crippen LogP contribution in [0.15, 0.2) is 39.3 Å². The monoisotopic (exact) mass is 378 g/mol. The molecule has 0 aliphatic heterocycles. The third kappa shape index (κ3) is 2.35. The molecule has 0 fully saturated rings. The normalized spacial score (nSPS) is 11.2. The summed E-state index contributed by atoms with van der Waals surface area (Å²) >= 11 is 7.07. The molecule has 0 saturated carbocycles. The van der Waals surface area contributed by atoms with Gasteiger partial charge in [-0.15, -0.1) is 0 Å². The van der Waals surface area contributed by atoms with Crippen LogP contribution in [0.5, 0.6) is 0 Å². The number of nitrogens with zero attached hydrogens (tertiary/aromatic N) is 1. The van der Waals surface area contributed by atoms with E-state index in [2.05, 4.69) is 73.9 Å². The summed E-state index contributed by atoms with van der Waals surface area (Å²) in [6.07, 6.45) is 0. The molecule has 1 heterocycles. The zero-order chi connectivity index (χ0) is 13.6. The van der Waals surface area contributed by atoms with Gasteiger partial charge in [-0.25, -0.2) is 4.98 Å². The molecule has 0 unspecified atom stereocenters. The predicted octanol–water partition coefficient (Wildman–Crippen LogP) is 5.37. The molecule has 4 heteroatoms. The summed E-state index contributed by atoms with van der Waals surface area (Å²) in [5.74, 6) is 0.883. The van der Waals surface area contributed by atoms with Gasteiger partial charge in [-0.05, 0) is 55.3 Å². The molecule has 96 valence electrons. The highest BCUT2D eigenvalue weighted by molar-refractivity contribution is 9.11. The van der Waals surface area contributed by atoms with E-state index in [9.17, 15) is 0 Å². The topological polar surface area (TPSA) is 28.7 Å². The van der Waals surface area contributed by atoms with Crippen molar-refractivity contribution in [3.63, 3.8) is 0 Å². The average molecular weight is 380 g/mol. The van der Waals surface area contributed by atoms with E-state index in [4.69, 9.17) is 0 Å². The van der Waals surface area contributed by atoms with E-state index in [1.807, 2.05) is 12.1 Å². The van der Waals surface area contributed by atoms with Crippen molar-refractivity contribution in [1.82, 2.24) is 9.97 Å². The Bertz CT molecular complexity index is 736. The van der Waals surface area contributed by atoms with Crippen molar-refractivity contribution in [3.8, 4) is 11.4 Å². The molecule has 3 aromatic rings. The highest BCUT2D eigenvalue weighted by atomic mass is 79.9. The van der Waals surface area contributed by atoms with Gasteiger partial charge in [-0.3, -0.25) is 0 Å². The molecule has 2 aromatic carbocycles. The largest absolute Gasteiger partial charge is 0.338 e. The third-order valence-corrected chi connectivity index (χ3v) is 4.47. The van der Waals surface area contributed by atoms with Crippen molar-refractivity contribution in [2.24, 2.45) is 0 Å². The van der Waals surface area contributed by atoms with Crippen LogP contribution in [0.3, 0.4) is 0 Å². The standard InChI is InChI=1S/C15H12Br2N2/c1-8-5-13-14(6-9(8)2)19-15(18-13)11-7-10(16)3-4-12(11)17/h3-7H,1-2H3,(H,18,19). The highest BCUT2D eigenvalue weighted by Crippen LogP contribution is 2.31. The smallest absolute Gasteiger partial charge is 0.139 e. The molecule has 0 spiro atoms. The Balaban J connectivity index is 2.23. The lowest BCUT2D eigenvalue weighted by Gasteiger charge is -2.01. The number of hydrogen-bond acceptors (Lipinski definition) is 1. The molecule has 0 atom stereocenters. The van der Waals surface area contributed by atoms with Crippen molar-refractivity contribution in [1.29, 1.82) is 0 Å². The van der Waals surface area contributed by atoms with E-state index < -0.39 is 0 Å². The van der Waals surface area contributed by atoms with Crippen molar-refractivity contribution in [2.75, 3.05) is 0 Å². The van der Waals surface area contributed by atoms with Crippen LogP contribution in [0.1, 0.15) is 11.1 Å². The Hall–Kier alpha value is -1.13. The molecule has 2 nitrogen and oxygen atoms in total. The van der Waals surface area contributed by atoms with Crippen LogP contribution in [0, 0.1) is 13.8 Å². The number of aromatic nitrogens is 2. The second kappa shape index (κ2) is 4.76. The van der Waals surface area contributed by atoms with Gasteiger partial charge in [-0.2, -0.15) is 0 Å². The van der Waals surface area contributed by atoms with E-state index >= 15 is 0 Å². The van der Waals surface area contributed by atoms with E-state index in [1.54, 1.807) is 0 Å². The van der Waals surface area contributed by atoms with Crippen LogP contribution < -0.4 is 0 Å². The van der Waals surface area contributed by atoms with Crippen molar-refractivity contribution >= 4 is 42.9 Å². The molecule has 0 amide bonds. The quantitative estimate of drug-likeness (QED) is 0.604. The fraction of sp³-hybridized carbons (Fsp3) is 0.133. The fourth-order valence-corrected chi connectivity index (χ4v) is 2.87. The minimum absolute atomic E-state index is 0.883. The Morgan fingerprint density at radius 3 is 2.53 bits per heavy atom. The number of nitrogens with one attached hydrogen (secondary N) is 1. The number of imidazole rings is 1. The van der Waals surface area contributed by atoms with Crippen LogP contribution in [-0.4, -0.2) is 9.97 Å². The number of hydrogen-bond donors (Lipinski definition) is 1. The molecule has 0 aliphatic rings. The molecule has 0 radical (unpaired) electrons. The Morgan fingerprint density at radius 2 is 1.74 bits per heavy atom. The number of rotatable bonds is 1. The molecule has 0 bridgehead atoms. The average Bonchev–Trinajstić information content (AvgIpc) is 2.75. The van der Waals surface area contributed by atoms with Gasteiger partial charge in [0.2, 0.25) is 0 Å². The molecule has 1 N–H and O–H groups in total. The number of aryl methyl sites for hydroxylation is 2. The maximum atomic E-state index is 4.68. The first-order valence-corrected chi connectivity index (χ1v) is 7.55. The fourth-order valence-electron chi connectivity index (χ4n) is 2.08. The Kier molecular flexibility index (Phi) is 3.23. The number of fused-ring (bicyclic) bond motifs is 1. The summed E-state index contributed by atoms with van der Waals surface area (Å²) in [7, 11) is 0. The van der Waals surface area contributed by atoms with Gasteiger partial charge in [0.05, 0.1) is 11.0 Å². The second-order valence-electron chi connectivity index (χ2n) is 4.66. The van der Waals surface area contributed by atoms with Crippen LogP contribution >= 0.6 is 31.9 Å². The van der Waals surface area contributed by atoms with E-state index in [1.165, 1.54) is 11.1 Å². The molecule has 0 saturated heterocycles. The zero-order valence-corrected chi connectivity index (χ0v) is 13.8. The van der Waals surface area contributed by atoms with Gasteiger partial charge < -0.3 is 4.98 Å². The minimum atomic E-state index is 0.883. The SMILES string of the molecule is Cc1cc2nc(-c3cc(Br)ccc3Br)[nH]c2cc1C. The van der Waals surface area contributed by atoms with E-state index in [-0.39, 0.29) is 0 Å². The zero-order valence-electron chi connectivity index (χ0n) is 10.6. The van der Waals surface area contributed by atoms with Crippen LogP contribution in [-0.2, 0) is 0 Å². The molecule has 3 rings (SSSR count). The lowest BCUT2D eigenvalue weighted by molar-refractivity contribution is 1.32. The van der Waals surface area contributed by atoms with Crippen LogP contribution in [0.2, 0.25) is 0 Å². The molecule has 19 heavy (non-hydrogen) atoms. The number of halogens is 2. The van der Waals surface area contributed by atoms with Gasteiger partial charge >= 0.3 is 0 Å². The van der Waals surface area contributed by atoms with Gasteiger partial charge in [0.1, 0.15) is 5.82 Å². The maximum Gasteiger partial charge on any atom is 0.139 e. The number of benzene rings is 2. The maximum absolute atomic E-state index is 4.68. The summed E-state index contributed by atoms with van der Waals surface area (Å²) < 4.78 is 2.07. The summed E-state index contributed by atoms with van der Waals surface area (Å²) in [4.78, 5) is 8.07. The molecule has 0 aliphatic carbocycles. The first kappa shape index (κ1) is 12.9. The molecular weight excluding hydrogens is 368 g/mol. The lowest BCUT2D eigenvalue weighted by Crippen LogP contribution is -1.82. The second-order valence-corrected chi connectivity index (χ2v) is 6.43. The first-order chi connectivity index (χ1) is 9.04. The van der Waals surface area contributed by atoms with E-state index in [0.29, 0.717) is 0 Å². The lowest BCUT2D eigenvalue weighted by atomic mass is 10.1. The van der Waals surface area contributed by atoms with Gasteiger partial charge in [0, 0.05) is 14.5 Å². The highest BCUT2D eigenvalue weighted by Gasteiger charge is 2.10. The molecule has 1 aromatic heterocycles. The van der Waals surface area contributed by atoms with Crippen LogP contribution in [0.4, 0.5) is 0 Å².